The van der Waals surface area contributed by atoms with Crippen LogP contribution in [0.15, 0.2) is 36.4 Å². The molecule has 0 aliphatic heterocycles. The van der Waals surface area contributed by atoms with Crippen molar-refractivity contribution in [1.82, 2.24) is 5.32 Å². The summed E-state index contributed by atoms with van der Waals surface area (Å²) in [5.74, 6) is 1.14. The highest BCUT2D eigenvalue weighted by atomic mass is 35.5. The molecule has 0 amide bonds. The van der Waals surface area contributed by atoms with Gasteiger partial charge in [-0.25, -0.2) is 4.39 Å². The van der Waals surface area contributed by atoms with Gasteiger partial charge in [-0.3, -0.25) is 0 Å². The summed E-state index contributed by atoms with van der Waals surface area (Å²) in [5, 5.41) is 3.89. The average molecular weight is 338 g/mol. The fourth-order valence-corrected chi connectivity index (χ4v) is 2.59. The quantitative estimate of drug-likeness (QED) is 0.732. The molecule has 0 aliphatic rings. The first-order valence-electron chi connectivity index (χ1n) is 7.59. The van der Waals surface area contributed by atoms with Crippen LogP contribution in [0.5, 0.6) is 11.5 Å². The van der Waals surface area contributed by atoms with E-state index in [9.17, 15) is 4.39 Å². The first kappa shape index (κ1) is 17.6. The zero-order valence-corrected chi connectivity index (χ0v) is 14.1. The molecule has 2 aromatic rings. The van der Waals surface area contributed by atoms with Crippen LogP contribution in [0, 0.1) is 5.82 Å². The molecule has 3 nitrogen and oxygen atoms in total. The predicted octanol–water partition coefficient (Wildman–Crippen LogP) is 4.22. The number of nitrogens with one attached hydrogen (secondary N) is 1. The first-order chi connectivity index (χ1) is 11.2. The van der Waals surface area contributed by atoms with E-state index in [-0.39, 0.29) is 5.82 Å². The summed E-state index contributed by atoms with van der Waals surface area (Å²) >= 11 is 6.12. The molecule has 0 aliphatic carbocycles. The van der Waals surface area contributed by atoms with Crippen LogP contribution >= 0.6 is 11.6 Å². The smallest absolute Gasteiger partial charge is 0.165 e. The third kappa shape index (κ3) is 4.85. The van der Waals surface area contributed by atoms with E-state index in [1.165, 1.54) is 6.07 Å². The second-order valence-corrected chi connectivity index (χ2v) is 5.48. The van der Waals surface area contributed by atoms with Gasteiger partial charge in [-0.05, 0) is 37.6 Å². The molecule has 0 heterocycles. The van der Waals surface area contributed by atoms with Gasteiger partial charge in [-0.1, -0.05) is 29.8 Å². The van der Waals surface area contributed by atoms with E-state index >= 15 is 0 Å². The van der Waals surface area contributed by atoms with E-state index in [1.807, 2.05) is 19.1 Å². The second-order valence-electron chi connectivity index (χ2n) is 5.05. The molecule has 2 rings (SSSR count). The van der Waals surface area contributed by atoms with Gasteiger partial charge in [0.1, 0.15) is 5.82 Å². The van der Waals surface area contributed by atoms with E-state index in [2.05, 4.69) is 5.32 Å². The molecular formula is C18H21ClFNO2. The van der Waals surface area contributed by atoms with Gasteiger partial charge >= 0.3 is 0 Å². The summed E-state index contributed by atoms with van der Waals surface area (Å²) in [6, 6.07) is 10.4. The van der Waals surface area contributed by atoms with Crippen LogP contribution in [0.3, 0.4) is 0 Å². The Bertz CT molecular complexity index is 649. The van der Waals surface area contributed by atoms with Gasteiger partial charge in [-0.2, -0.15) is 0 Å². The van der Waals surface area contributed by atoms with Crippen molar-refractivity contribution < 1.29 is 13.9 Å². The maximum atomic E-state index is 13.6. The molecule has 0 spiro atoms. The van der Waals surface area contributed by atoms with Gasteiger partial charge in [0.2, 0.25) is 0 Å². The van der Waals surface area contributed by atoms with Crippen LogP contribution in [0.4, 0.5) is 4.39 Å². The molecular weight excluding hydrogens is 317 g/mol. The lowest BCUT2D eigenvalue weighted by atomic mass is 10.1. The Hall–Kier alpha value is -1.78. The zero-order valence-electron chi connectivity index (χ0n) is 13.4. The molecule has 0 aromatic heterocycles. The van der Waals surface area contributed by atoms with Gasteiger partial charge in [-0.15, -0.1) is 0 Å². The predicted molar refractivity (Wildman–Crippen MR) is 91.0 cm³/mol. The van der Waals surface area contributed by atoms with Crippen molar-refractivity contribution in [1.29, 1.82) is 0 Å². The molecule has 23 heavy (non-hydrogen) atoms. The molecule has 0 bridgehead atoms. The third-order valence-electron chi connectivity index (χ3n) is 3.45. The average Bonchev–Trinajstić information content (AvgIpc) is 2.55. The fraction of sp³-hybridized carbons (Fsp3) is 0.333. The van der Waals surface area contributed by atoms with Gasteiger partial charge < -0.3 is 14.8 Å². The first-order valence-corrected chi connectivity index (χ1v) is 7.96. The highest BCUT2D eigenvalue weighted by Gasteiger charge is 2.12. The number of hydrogen-bond donors (Lipinski definition) is 1. The Morgan fingerprint density at radius 1 is 1.17 bits per heavy atom. The number of rotatable bonds is 8. The number of hydrogen-bond acceptors (Lipinski definition) is 3. The lowest BCUT2D eigenvalue weighted by Gasteiger charge is -2.15. The van der Waals surface area contributed by atoms with Gasteiger partial charge in [0.15, 0.2) is 11.5 Å². The lowest BCUT2D eigenvalue weighted by molar-refractivity contribution is 0.307. The molecule has 0 saturated carbocycles. The summed E-state index contributed by atoms with van der Waals surface area (Å²) in [4.78, 5) is 0. The highest BCUT2D eigenvalue weighted by molar-refractivity contribution is 6.30. The molecule has 124 valence electrons. The molecule has 0 atom stereocenters. The van der Waals surface area contributed by atoms with Crippen molar-refractivity contribution in [3.63, 3.8) is 0 Å². The summed E-state index contributed by atoms with van der Waals surface area (Å²) in [6.45, 7) is 3.69. The second kappa shape index (κ2) is 8.75. The summed E-state index contributed by atoms with van der Waals surface area (Å²) in [6.07, 6.45) is 0.619. The number of benzene rings is 2. The zero-order chi connectivity index (χ0) is 16.7. The standard InChI is InChI=1S/C18H21ClFNO2/c1-3-23-18-14(10-15(19)11-17(18)22-2)12-21-9-8-13-6-4-5-7-16(13)20/h4-7,10-11,21H,3,8-9,12H2,1-2H3. The minimum atomic E-state index is -0.172. The monoisotopic (exact) mass is 337 g/mol. The van der Waals surface area contributed by atoms with Crippen molar-refractivity contribution in [2.75, 3.05) is 20.3 Å². The van der Waals surface area contributed by atoms with Crippen molar-refractivity contribution in [3.8, 4) is 11.5 Å². The van der Waals surface area contributed by atoms with E-state index in [1.54, 1.807) is 25.3 Å². The molecule has 1 N–H and O–H groups in total. The van der Waals surface area contributed by atoms with E-state index in [0.717, 1.165) is 5.56 Å². The molecule has 0 fully saturated rings. The molecule has 2 aromatic carbocycles. The van der Waals surface area contributed by atoms with Crippen molar-refractivity contribution in [3.05, 3.63) is 58.4 Å². The molecule has 0 radical (unpaired) electrons. The highest BCUT2D eigenvalue weighted by Crippen LogP contribution is 2.34. The fourth-order valence-electron chi connectivity index (χ4n) is 2.36. The summed E-state index contributed by atoms with van der Waals surface area (Å²) < 4.78 is 24.6. The summed E-state index contributed by atoms with van der Waals surface area (Å²) in [7, 11) is 1.59. The lowest BCUT2D eigenvalue weighted by Crippen LogP contribution is -2.18. The van der Waals surface area contributed by atoms with Crippen LogP contribution in [0.25, 0.3) is 0 Å². The van der Waals surface area contributed by atoms with Crippen LogP contribution in [-0.2, 0) is 13.0 Å². The molecule has 0 unspecified atom stereocenters. The summed E-state index contributed by atoms with van der Waals surface area (Å²) in [5.41, 5.74) is 1.62. The minimum Gasteiger partial charge on any atom is -0.493 e. The number of ether oxygens (including phenoxy) is 2. The maximum Gasteiger partial charge on any atom is 0.165 e. The Kier molecular flexibility index (Phi) is 6.68. The van der Waals surface area contributed by atoms with Crippen LogP contribution in [-0.4, -0.2) is 20.3 Å². The Morgan fingerprint density at radius 3 is 2.65 bits per heavy atom. The minimum absolute atomic E-state index is 0.172. The topological polar surface area (TPSA) is 30.5 Å². The van der Waals surface area contributed by atoms with Gasteiger partial charge in [0.05, 0.1) is 13.7 Å². The third-order valence-corrected chi connectivity index (χ3v) is 3.67. The Balaban J connectivity index is 1.99. The normalized spacial score (nSPS) is 10.6. The van der Waals surface area contributed by atoms with Crippen molar-refractivity contribution in [2.24, 2.45) is 0 Å². The van der Waals surface area contributed by atoms with Crippen LogP contribution in [0.1, 0.15) is 18.1 Å². The van der Waals surface area contributed by atoms with Gasteiger partial charge in [0, 0.05) is 23.2 Å². The van der Waals surface area contributed by atoms with E-state index < -0.39 is 0 Å². The van der Waals surface area contributed by atoms with Crippen molar-refractivity contribution >= 4 is 11.6 Å². The Labute approximate surface area is 141 Å². The van der Waals surface area contributed by atoms with E-state index in [0.29, 0.717) is 48.2 Å². The van der Waals surface area contributed by atoms with Crippen molar-refractivity contribution in [2.45, 2.75) is 19.9 Å². The largest absolute Gasteiger partial charge is 0.493 e. The maximum absolute atomic E-state index is 13.6. The SMILES string of the molecule is CCOc1c(CNCCc2ccccc2F)cc(Cl)cc1OC. The van der Waals surface area contributed by atoms with Crippen LogP contribution in [0.2, 0.25) is 5.02 Å². The van der Waals surface area contributed by atoms with Crippen LogP contribution < -0.4 is 14.8 Å². The molecule has 5 heteroatoms. The number of methoxy groups -OCH3 is 1. The molecule has 0 saturated heterocycles. The van der Waals surface area contributed by atoms with E-state index in [4.69, 9.17) is 21.1 Å². The number of halogens is 2. The van der Waals surface area contributed by atoms with Gasteiger partial charge in [0.25, 0.3) is 0 Å². The Morgan fingerprint density at radius 2 is 1.96 bits per heavy atom.